The Bertz CT molecular complexity index is 1110. The van der Waals surface area contributed by atoms with Crippen LogP contribution >= 0.6 is 11.6 Å². The van der Waals surface area contributed by atoms with Crippen LogP contribution in [0.15, 0.2) is 58.0 Å². The van der Waals surface area contributed by atoms with E-state index >= 15 is 0 Å². The van der Waals surface area contributed by atoms with Crippen LogP contribution in [0.4, 0.5) is 5.82 Å². The van der Waals surface area contributed by atoms with Crippen molar-refractivity contribution in [3.05, 3.63) is 69.9 Å². The first-order chi connectivity index (χ1) is 12.1. The highest BCUT2D eigenvalue weighted by molar-refractivity contribution is 6.32. The van der Waals surface area contributed by atoms with Gasteiger partial charge in [-0.1, -0.05) is 17.7 Å². The lowest BCUT2D eigenvalue weighted by atomic mass is 10.2. The summed E-state index contributed by atoms with van der Waals surface area (Å²) in [7, 11) is 1.68. The largest absolute Gasteiger partial charge is 0.419 e. The fourth-order valence-corrected chi connectivity index (χ4v) is 2.77. The first-order valence-corrected chi connectivity index (χ1v) is 7.98. The van der Waals surface area contributed by atoms with Crippen molar-refractivity contribution in [2.75, 3.05) is 5.32 Å². The molecule has 0 radical (unpaired) electrons. The molecule has 126 valence electrons. The number of aromatic nitrogens is 4. The Hall–Kier alpha value is -3.06. The summed E-state index contributed by atoms with van der Waals surface area (Å²) < 4.78 is 8.23. The quantitative estimate of drug-likeness (QED) is 0.609. The smallest absolute Gasteiger partial charge is 0.408 e. The third-order valence-corrected chi connectivity index (χ3v) is 4.17. The third-order valence-electron chi connectivity index (χ3n) is 3.87. The Labute approximate surface area is 147 Å². The highest BCUT2D eigenvalue weighted by Crippen LogP contribution is 2.18. The number of hydrogen-bond donors (Lipinski definition) is 1. The Morgan fingerprint density at radius 2 is 2.16 bits per heavy atom. The van der Waals surface area contributed by atoms with Crippen LogP contribution in [0.1, 0.15) is 5.56 Å². The van der Waals surface area contributed by atoms with Crippen molar-refractivity contribution in [1.82, 2.24) is 19.3 Å². The summed E-state index contributed by atoms with van der Waals surface area (Å²) in [5, 5.41) is 8.20. The standard InChI is InChI=1S/C17H14ClN5O2/c1-22-13-9-11(4-5-14(13)25-17(22)24)10-20-15-6-8-23(21-15)16-12(18)3-2-7-19-16/h2-9H,10H2,1H3,(H,20,21). The number of hydrogen-bond acceptors (Lipinski definition) is 5. The fourth-order valence-electron chi connectivity index (χ4n) is 2.56. The summed E-state index contributed by atoms with van der Waals surface area (Å²) in [5.41, 5.74) is 2.34. The van der Waals surface area contributed by atoms with Gasteiger partial charge in [0.25, 0.3) is 0 Å². The molecule has 0 fully saturated rings. The van der Waals surface area contributed by atoms with Gasteiger partial charge in [0.2, 0.25) is 0 Å². The first-order valence-electron chi connectivity index (χ1n) is 7.61. The monoisotopic (exact) mass is 355 g/mol. The molecule has 0 atom stereocenters. The van der Waals surface area contributed by atoms with Gasteiger partial charge in [0.05, 0.1) is 10.5 Å². The summed E-state index contributed by atoms with van der Waals surface area (Å²) in [6.07, 6.45) is 3.46. The Kier molecular flexibility index (Phi) is 3.77. The van der Waals surface area contributed by atoms with Crippen molar-refractivity contribution >= 4 is 28.5 Å². The molecule has 0 spiro atoms. The minimum absolute atomic E-state index is 0.369. The molecule has 0 bridgehead atoms. The van der Waals surface area contributed by atoms with Gasteiger partial charge in [0.15, 0.2) is 11.4 Å². The molecule has 1 N–H and O–H groups in total. The average Bonchev–Trinajstić information content (AvgIpc) is 3.19. The summed E-state index contributed by atoms with van der Waals surface area (Å²) in [6, 6.07) is 11.0. The van der Waals surface area contributed by atoms with Crippen LogP contribution in [0.5, 0.6) is 0 Å². The second-order valence-electron chi connectivity index (χ2n) is 5.54. The van der Waals surface area contributed by atoms with Crippen molar-refractivity contribution < 1.29 is 4.42 Å². The molecule has 4 rings (SSSR count). The molecule has 0 aliphatic rings. The predicted molar refractivity (Wildman–Crippen MR) is 95.2 cm³/mol. The van der Waals surface area contributed by atoms with Crippen molar-refractivity contribution in [3.8, 4) is 5.82 Å². The Balaban J connectivity index is 1.53. The van der Waals surface area contributed by atoms with E-state index in [0.717, 1.165) is 11.1 Å². The first kappa shape index (κ1) is 15.5. The summed E-state index contributed by atoms with van der Waals surface area (Å²) in [6.45, 7) is 0.558. The maximum absolute atomic E-state index is 11.5. The number of aryl methyl sites for hydroxylation is 1. The lowest BCUT2D eigenvalue weighted by Crippen LogP contribution is -2.08. The number of oxazole rings is 1. The van der Waals surface area contributed by atoms with E-state index in [2.05, 4.69) is 15.4 Å². The van der Waals surface area contributed by atoms with Crippen LogP contribution in [-0.2, 0) is 13.6 Å². The number of benzene rings is 1. The molecular formula is C17H14ClN5O2. The van der Waals surface area contributed by atoms with Crippen LogP contribution < -0.4 is 11.1 Å². The normalized spacial score (nSPS) is 11.1. The minimum Gasteiger partial charge on any atom is -0.408 e. The van der Waals surface area contributed by atoms with Crippen molar-refractivity contribution in [2.45, 2.75) is 6.54 Å². The SMILES string of the molecule is Cn1c(=O)oc2ccc(CNc3ccn(-c4ncccc4Cl)n3)cc21. The minimum atomic E-state index is -0.369. The number of anilines is 1. The highest BCUT2D eigenvalue weighted by atomic mass is 35.5. The van der Waals surface area contributed by atoms with E-state index in [1.54, 1.807) is 42.3 Å². The van der Waals surface area contributed by atoms with Crippen LogP contribution in [0.2, 0.25) is 5.02 Å². The van der Waals surface area contributed by atoms with Crippen LogP contribution in [-0.4, -0.2) is 19.3 Å². The van der Waals surface area contributed by atoms with E-state index in [9.17, 15) is 4.79 Å². The van der Waals surface area contributed by atoms with Gasteiger partial charge in [0.1, 0.15) is 5.82 Å². The molecule has 8 heteroatoms. The van der Waals surface area contributed by atoms with Gasteiger partial charge in [-0.2, -0.15) is 0 Å². The molecule has 3 aromatic heterocycles. The Morgan fingerprint density at radius 1 is 1.28 bits per heavy atom. The zero-order valence-corrected chi connectivity index (χ0v) is 14.1. The molecule has 3 heterocycles. The number of fused-ring (bicyclic) bond motifs is 1. The number of pyridine rings is 1. The van der Waals surface area contributed by atoms with Gasteiger partial charge < -0.3 is 9.73 Å². The lowest BCUT2D eigenvalue weighted by molar-refractivity contribution is 0.528. The van der Waals surface area contributed by atoms with Gasteiger partial charge >= 0.3 is 5.76 Å². The summed E-state index contributed by atoms with van der Waals surface area (Å²) >= 11 is 6.13. The maximum atomic E-state index is 11.5. The molecule has 0 saturated heterocycles. The van der Waals surface area contributed by atoms with E-state index in [4.69, 9.17) is 16.0 Å². The zero-order valence-electron chi connectivity index (χ0n) is 13.3. The maximum Gasteiger partial charge on any atom is 0.419 e. The lowest BCUT2D eigenvalue weighted by Gasteiger charge is -2.04. The molecule has 7 nitrogen and oxygen atoms in total. The summed E-state index contributed by atoms with van der Waals surface area (Å²) in [5.74, 6) is 0.904. The fraction of sp³-hybridized carbons (Fsp3) is 0.118. The molecule has 0 unspecified atom stereocenters. The van der Waals surface area contributed by atoms with Crippen LogP contribution in [0.3, 0.4) is 0 Å². The van der Waals surface area contributed by atoms with Gasteiger partial charge in [-0.3, -0.25) is 4.57 Å². The second kappa shape index (κ2) is 6.10. The van der Waals surface area contributed by atoms with Crippen molar-refractivity contribution in [1.29, 1.82) is 0 Å². The Morgan fingerprint density at radius 3 is 3.00 bits per heavy atom. The van der Waals surface area contributed by atoms with Gasteiger partial charge in [-0.05, 0) is 29.8 Å². The molecule has 0 saturated carbocycles. The second-order valence-corrected chi connectivity index (χ2v) is 5.94. The van der Waals surface area contributed by atoms with Crippen LogP contribution in [0.25, 0.3) is 16.9 Å². The molecular weight excluding hydrogens is 342 g/mol. The van der Waals surface area contributed by atoms with E-state index in [0.29, 0.717) is 28.8 Å². The summed E-state index contributed by atoms with van der Waals surface area (Å²) in [4.78, 5) is 15.8. The number of rotatable bonds is 4. The van der Waals surface area contributed by atoms with E-state index in [-0.39, 0.29) is 5.76 Å². The predicted octanol–water partition coefficient (Wildman–Crippen LogP) is 2.98. The van der Waals surface area contributed by atoms with Gasteiger partial charge in [-0.25, -0.2) is 14.5 Å². The number of nitrogens with one attached hydrogen (secondary N) is 1. The highest BCUT2D eigenvalue weighted by Gasteiger charge is 2.08. The average molecular weight is 356 g/mol. The van der Waals surface area contributed by atoms with Gasteiger partial charge in [0, 0.05) is 32.1 Å². The van der Waals surface area contributed by atoms with Gasteiger partial charge in [-0.15, -0.1) is 5.10 Å². The molecule has 4 aromatic rings. The van der Waals surface area contributed by atoms with E-state index in [1.165, 1.54) is 4.57 Å². The van der Waals surface area contributed by atoms with Crippen LogP contribution in [0, 0.1) is 0 Å². The molecule has 25 heavy (non-hydrogen) atoms. The third kappa shape index (κ3) is 2.89. The van der Waals surface area contributed by atoms with Crippen molar-refractivity contribution in [3.63, 3.8) is 0 Å². The molecule has 1 aromatic carbocycles. The van der Waals surface area contributed by atoms with E-state index in [1.807, 2.05) is 18.2 Å². The van der Waals surface area contributed by atoms with Crippen molar-refractivity contribution in [2.24, 2.45) is 7.05 Å². The zero-order chi connectivity index (χ0) is 17.4. The molecule has 0 aliphatic carbocycles. The number of halogens is 1. The molecule has 0 aliphatic heterocycles. The topological polar surface area (TPSA) is 77.9 Å². The van der Waals surface area contributed by atoms with E-state index < -0.39 is 0 Å². The number of nitrogens with zero attached hydrogens (tertiary/aromatic N) is 4. The molecule has 0 amide bonds.